The molecule has 0 aromatic heterocycles. The Morgan fingerprint density at radius 1 is 0.760 bits per heavy atom. The number of hydrogen-bond donors (Lipinski definition) is 0. The highest BCUT2D eigenvalue weighted by Crippen LogP contribution is 2.16. The molecule has 0 saturated carbocycles. The standard InChI is InChI=1S/C21H24O4/c1-24-20-7-3-5-16(13-20)9-11-18(22)15-19(23)12-10-17-6-4-8-21(14-17)25-2/h3-8,13-14H,9-12,15H2,1-2H3. The molecule has 25 heavy (non-hydrogen) atoms. The van der Waals surface area contributed by atoms with Gasteiger partial charge in [0.1, 0.15) is 23.1 Å². The topological polar surface area (TPSA) is 52.6 Å². The van der Waals surface area contributed by atoms with Crippen LogP contribution in [0.5, 0.6) is 11.5 Å². The summed E-state index contributed by atoms with van der Waals surface area (Å²) >= 11 is 0. The summed E-state index contributed by atoms with van der Waals surface area (Å²) < 4.78 is 10.3. The Kier molecular flexibility index (Phi) is 7.20. The van der Waals surface area contributed by atoms with Crippen LogP contribution in [0.1, 0.15) is 30.4 Å². The summed E-state index contributed by atoms with van der Waals surface area (Å²) in [5, 5.41) is 0. The van der Waals surface area contributed by atoms with Crippen molar-refractivity contribution < 1.29 is 19.1 Å². The van der Waals surface area contributed by atoms with E-state index in [1.807, 2.05) is 48.5 Å². The van der Waals surface area contributed by atoms with E-state index >= 15 is 0 Å². The number of ether oxygens (including phenoxy) is 2. The SMILES string of the molecule is COc1cccc(CCC(=O)CC(=O)CCc2cccc(OC)c2)c1. The Morgan fingerprint density at radius 3 is 1.60 bits per heavy atom. The van der Waals surface area contributed by atoms with Gasteiger partial charge in [-0.25, -0.2) is 0 Å². The Labute approximate surface area is 148 Å². The van der Waals surface area contributed by atoms with Gasteiger partial charge in [-0.05, 0) is 48.2 Å². The zero-order valence-corrected chi connectivity index (χ0v) is 14.8. The Balaban J connectivity index is 1.74. The van der Waals surface area contributed by atoms with Gasteiger partial charge >= 0.3 is 0 Å². The minimum Gasteiger partial charge on any atom is -0.497 e. The van der Waals surface area contributed by atoms with Crippen molar-refractivity contribution in [1.82, 2.24) is 0 Å². The lowest BCUT2D eigenvalue weighted by Gasteiger charge is -2.05. The van der Waals surface area contributed by atoms with Crippen molar-refractivity contribution in [2.24, 2.45) is 0 Å². The van der Waals surface area contributed by atoms with E-state index in [9.17, 15) is 9.59 Å². The van der Waals surface area contributed by atoms with Crippen molar-refractivity contribution >= 4 is 11.6 Å². The van der Waals surface area contributed by atoms with Crippen molar-refractivity contribution in [3.63, 3.8) is 0 Å². The van der Waals surface area contributed by atoms with Crippen LogP contribution in [-0.2, 0) is 22.4 Å². The molecular weight excluding hydrogens is 316 g/mol. The average Bonchev–Trinajstić information content (AvgIpc) is 2.65. The summed E-state index contributed by atoms with van der Waals surface area (Å²) in [4.78, 5) is 24.0. The maximum absolute atomic E-state index is 12.0. The van der Waals surface area contributed by atoms with Crippen LogP contribution >= 0.6 is 0 Å². The number of methoxy groups -OCH3 is 2. The number of aryl methyl sites for hydroxylation is 2. The summed E-state index contributed by atoms with van der Waals surface area (Å²) in [6.07, 6.45) is 2.00. The van der Waals surface area contributed by atoms with Crippen molar-refractivity contribution in [2.45, 2.75) is 32.1 Å². The predicted octanol–water partition coefficient (Wildman–Crippen LogP) is 3.80. The van der Waals surface area contributed by atoms with E-state index in [4.69, 9.17) is 9.47 Å². The molecule has 0 aliphatic carbocycles. The molecule has 0 radical (unpaired) electrons. The largest absolute Gasteiger partial charge is 0.497 e. The molecule has 2 aromatic carbocycles. The van der Waals surface area contributed by atoms with Gasteiger partial charge in [-0.1, -0.05) is 24.3 Å². The van der Waals surface area contributed by atoms with E-state index in [1.54, 1.807) is 14.2 Å². The van der Waals surface area contributed by atoms with Gasteiger partial charge in [0.15, 0.2) is 0 Å². The molecular formula is C21H24O4. The quantitative estimate of drug-likeness (QED) is 0.617. The minimum atomic E-state index is -0.0153. The van der Waals surface area contributed by atoms with Gasteiger partial charge in [0.2, 0.25) is 0 Å². The highest BCUT2D eigenvalue weighted by molar-refractivity contribution is 5.99. The summed E-state index contributed by atoms with van der Waals surface area (Å²) in [6, 6.07) is 15.3. The summed E-state index contributed by atoms with van der Waals surface area (Å²) in [5.74, 6) is 1.52. The molecule has 0 amide bonds. The van der Waals surface area contributed by atoms with Crippen LogP contribution in [0.15, 0.2) is 48.5 Å². The fourth-order valence-corrected chi connectivity index (χ4v) is 2.62. The van der Waals surface area contributed by atoms with E-state index in [0.717, 1.165) is 22.6 Å². The van der Waals surface area contributed by atoms with Crippen LogP contribution < -0.4 is 9.47 Å². The number of carbonyl (C=O) groups excluding carboxylic acids is 2. The first kappa shape index (κ1) is 18.7. The lowest BCUT2D eigenvalue weighted by Crippen LogP contribution is -2.09. The number of Topliss-reactive ketones (excluding diaryl/α,β-unsaturated/α-hetero) is 2. The Hall–Kier alpha value is -2.62. The molecule has 0 aliphatic rings. The summed E-state index contributed by atoms with van der Waals surface area (Å²) in [6.45, 7) is 0. The second-order valence-corrected chi connectivity index (χ2v) is 5.96. The molecule has 0 heterocycles. The molecule has 0 aliphatic heterocycles. The highest BCUT2D eigenvalue weighted by atomic mass is 16.5. The maximum Gasteiger partial charge on any atom is 0.140 e. The molecule has 0 atom stereocenters. The van der Waals surface area contributed by atoms with Crippen LogP contribution in [0.4, 0.5) is 0 Å². The zero-order chi connectivity index (χ0) is 18.1. The molecule has 0 bridgehead atoms. The van der Waals surface area contributed by atoms with Gasteiger partial charge in [-0.2, -0.15) is 0 Å². The molecule has 132 valence electrons. The van der Waals surface area contributed by atoms with Gasteiger partial charge in [-0.15, -0.1) is 0 Å². The predicted molar refractivity (Wildman–Crippen MR) is 97.3 cm³/mol. The van der Waals surface area contributed by atoms with Crippen LogP contribution in [0, 0.1) is 0 Å². The first-order chi connectivity index (χ1) is 12.1. The van der Waals surface area contributed by atoms with Crippen LogP contribution in [0.3, 0.4) is 0 Å². The van der Waals surface area contributed by atoms with E-state index < -0.39 is 0 Å². The lowest BCUT2D eigenvalue weighted by molar-refractivity contribution is -0.126. The van der Waals surface area contributed by atoms with E-state index in [-0.39, 0.29) is 18.0 Å². The minimum absolute atomic E-state index is 0.00787. The lowest BCUT2D eigenvalue weighted by atomic mass is 10.0. The molecule has 4 nitrogen and oxygen atoms in total. The van der Waals surface area contributed by atoms with Gasteiger partial charge in [0, 0.05) is 12.8 Å². The van der Waals surface area contributed by atoms with Crippen LogP contribution in [0.2, 0.25) is 0 Å². The summed E-state index contributed by atoms with van der Waals surface area (Å²) in [7, 11) is 3.23. The molecule has 2 aromatic rings. The molecule has 4 heteroatoms. The first-order valence-corrected chi connectivity index (χ1v) is 8.40. The summed E-state index contributed by atoms with van der Waals surface area (Å²) in [5.41, 5.74) is 2.08. The maximum atomic E-state index is 12.0. The third kappa shape index (κ3) is 6.42. The smallest absolute Gasteiger partial charge is 0.140 e. The van der Waals surface area contributed by atoms with Gasteiger partial charge in [0.05, 0.1) is 20.6 Å². The second kappa shape index (κ2) is 9.62. The molecule has 0 saturated heterocycles. The van der Waals surface area contributed by atoms with Crippen molar-refractivity contribution in [3.05, 3.63) is 59.7 Å². The molecule has 0 spiro atoms. The van der Waals surface area contributed by atoms with Gasteiger partial charge in [0.25, 0.3) is 0 Å². The monoisotopic (exact) mass is 340 g/mol. The number of ketones is 2. The van der Waals surface area contributed by atoms with E-state index in [2.05, 4.69) is 0 Å². The number of benzene rings is 2. The van der Waals surface area contributed by atoms with E-state index in [1.165, 1.54) is 0 Å². The van der Waals surface area contributed by atoms with Gasteiger partial charge < -0.3 is 9.47 Å². The molecule has 0 unspecified atom stereocenters. The van der Waals surface area contributed by atoms with Crippen LogP contribution in [-0.4, -0.2) is 25.8 Å². The molecule has 0 fully saturated rings. The Morgan fingerprint density at radius 2 is 1.20 bits per heavy atom. The number of rotatable bonds is 10. The van der Waals surface area contributed by atoms with Crippen LogP contribution in [0.25, 0.3) is 0 Å². The van der Waals surface area contributed by atoms with Crippen molar-refractivity contribution in [2.75, 3.05) is 14.2 Å². The van der Waals surface area contributed by atoms with Crippen molar-refractivity contribution in [3.8, 4) is 11.5 Å². The normalized spacial score (nSPS) is 10.3. The third-order valence-electron chi connectivity index (χ3n) is 4.05. The number of hydrogen-bond acceptors (Lipinski definition) is 4. The third-order valence-corrected chi connectivity index (χ3v) is 4.05. The molecule has 0 N–H and O–H groups in total. The van der Waals surface area contributed by atoms with E-state index in [0.29, 0.717) is 25.7 Å². The zero-order valence-electron chi connectivity index (χ0n) is 14.8. The first-order valence-electron chi connectivity index (χ1n) is 8.40. The molecule has 2 rings (SSSR count). The van der Waals surface area contributed by atoms with Crippen molar-refractivity contribution in [1.29, 1.82) is 0 Å². The average molecular weight is 340 g/mol. The van der Waals surface area contributed by atoms with Gasteiger partial charge in [-0.3, -0.25) is 9.59 Å². The fourth-order valence-electron chi connectivity index (χ4n) is 2.62. The second-order valence-electron chi connectivity index (χ2n) is 5.96. The highest BCUT2D eigenvalue weighted by Gasteiger charge is 2.10. The number of carbonyl (C=O) groups is 2. The fraction of sp³-hybridized carbons (Fsp3) is 0.333. The Bertz CT molecular complexity index is 660.